The molecule has 1 N–H and O–H groups in total. The number of hydrogen-bond acceptors (Lipinski definition) is 2. The lowest BCUT2D eigenvalue weighted by Crippen LogP contribution is -1.91. The maximum Gasteiger partial charge on any atom is 0.121 e. The van der Waals surface area contributed by atoms with E-state index < -0.39 is 0 Å². The summed E-state index contributed by atoms with van der Waals surface area (Å²) in [6.45, 7) is 5.96. The average molecular weight is 248 g/mol. The van der Waals surface area contributed by atoms with Crippen molar-refractivity contribution in [3.05, 3.63) is 23.3 Å². The molecular weight excluding hydrogens is 228 g/mol. The highest BCUT2D eigenvalue weighted by Gasteiger charge is 2.04. The highest BCUT2D eigenvalue weighted by atomic mass is 32.2. The van der Waals surface area contributed by atoms with Crippen molar-refractivity contribution in [1.29, 1.82) is 0 Å². The van der Waals surface area contributed by atoms with Crippen LogP contribution in [0.25, 0.3) is 0 Å². The molecule has 0 aliphatic carbocycles. The summed E-state index contributed by atoms with van der Waals surface area (Å²) < 4.78 is 0. The van der Waals surface area contributed by atoms with E-state index in [0.29, 0.717) is 11.7 Å². The van der Waals surface area contributed by atoms with Crippen molar-refractivity contribution in [2.45, 2.75) is 38.5 Å². The van der Waals surface area contributed by atoms with Crippen molar-refractivity contribution in [1.82, 2.24) is 0 Å². The van der Waals surface area contributed by atoms with Crippen LogP contribution in [0.1, 0.15) is 30.9 Å². The summed E-state index contributed by atoms with van der Waals surface area (Å²) in [5.41, 5.74) is 1.90. The van der Waals surface area contributed by atoms with Gasteiger partial charge in [-0.15, -0.1) is 24.1 Å². The molecule has 92 valence electrons. The first-order valence-electron chi connectivity index (χ1n) is 5.93. The number of benzene rings is 1. The summed E-state index contributed by atoms with van der Waals surface area (Å²) in [6.07, 6.45) is 7.55. The third-order valence-electron chi connectivity index (χ3n) is 2.80. The number of rotatable bonds is 5. The molecule has 17 heavy (non-hydrogen) atoms. The van der Waals surface area contributed by atoms with Gasteiger partial charge in [0.05, 0.1) is 0 Å². The molecule has 0 aromatic heterocycles. The second-order valence-corrected chi connectivity index (χ2v) is 5.63. The maximum absolute atomic E-state index is 9.68. The van der Waals surface area contributed by atoms with Gasteiger partial charge in [-0.1, -0.05) is 6.92 Å². The van der Waals surface area contributed by atoms with Crippen molar-refractivity contribution in [2.24, 2.45) is 5.92 Å². The normalized spacial score (nSPS) is 12.1. The van der Waals surface area contributed by atoms with Crippen LogP contribution in [0.4, 0.5) is 0 Å². The first-order chi connectivity index (χ1) is 8.04. The summed E-state index contributed by atoms with van der Waals surface area (Å²) >= 11 is 1.83. The third-order valence-corrected chi connectivity index (χ3v) is 3.86. The summed E-state index contributed by atoms with van der Waals surface area (Å²) in [7, 11) is 0. The minimum atomic E-state index is 0.374. The molecule has 1 unspecified atom stereocenters. The molecule has 0 spiro atoms. The van der Waals surface area contributed by atoms with E-state index in [1.165, 1.54) is 4.90 Å². The van der Waals surface area contributed by atoms with Gasteiger partial charge in [0.15, 0.2) is 0 Å². The number of terminal acetylenes is 1. The largest absolute Gasteiger partial charge is 0.507 e. The highest BCUT2D eigenvalue weighted by molar-refractivity contribution is 7.99. The summed E-state index contributed by atoms with van der Waals surface area (Å²) in [5.74, 6) is 4.61. The quantitative estimate of drug-likeness (QED) is 0.480. The van der Waals surface area contributed by atoms with Crippen molar-refractivity contribution >= 4 is 11.8 Å². The zero-order valence-corrected chi connectivity index (χ0v) is 11.6. The summed E-state index contributed by atoms with van der Waals surface area (Å²) in [6, 6.07) is 4.08. The zero-order valence-electron chi connectivity index (χ0n) is 10.8. The fourth-order valence-electron chi connectivity index (χ4n) is 1.66. The van der Waals surface area contributed by atoms with E-state index >= 15 is 0 Å². The molecule has 1 aromatic rings. The Morgan fingerprint density at radius 3 is 2.47 bits per heavy atom. The topological polar surface area (TPSA) is 20.2 Å². The van der Waals surface area contributed by atoms with Crippen LogP contribution in [0.2, 0.25) is 0 Å². The smallest absolute Gasteiger partial charge is 0.121 e. The molecule has 0 radical (unpaired) electrons. The lowest BCUT2D eigenvalue weighted by Gasteiger charge is -2.08. The monoisotopic (exact) mass is 248 g/mol. The van der Waals surface area contributed by atoms with Crippen LogP contribution in [0.15, 0.2) is 17.0 Å². The molecule has 0 saturated carbocycles. The number of hydrogen-bond donors (Lipinski definition) is 1. The first-order valence-corrected chi connectivity index (χ1v) is 6.92. The van der Waals surface area contributed by atoms with E-state index in [4.69, 9.17) is 6.42 Å². The number of thioether (sulfide) groups is 1. The van der Waals surface area contributed by atoms with Crippen LogP contribution >= 0.6 is 11.8 Å². The minimum absolute atomic E-state index is 0.374. The molecule has 0 saturated heterocycles. The molecule has 1 atom stereocenters. The molecule has 0 heterocycles. The van der Waals surface area contributed by atoms with Crippen LogP contribution in [0, 0.1) is 32.1 Å². The molecule has 1 rings (SSSR count). The lowest BCUT2D eigenvalue weighted by molar-refractivity contribution is 0.466. The van der Waals surface area contributed by atoms with Gasteiger partial charge in [0.2, 0.25) is 0 Å². The lowest BCUT2D eigenvalue weighted by atomic mass is 10.1. The Kier molecular flexibility index (Phi) is 5.44. The fourth-order valence-corrected chi connectivity index (χ4v) is 2.73. The van der Waals surface area contributed by atoms with Crippen LogP contribution in [0.5, 0.6) is 5.75 Å². The van der Waals surface area contributed by atoms with Crippen molar-refractivity contribution in [3.63, 3.8) is 0 Å². The predicted octanol–water partition coefficient (Wildman–Crippen LogP) is 4.15. The van der Waals surface area contributed by atoms with Gasteiger partial charge in [0.1, 0.15) is 5.75 Å². The SMILES string of the molecule is C#CC(C)CCCSc1cc(C)c(O)c(C)c1. The standard InChI is InChI=1S/C15H20OS/c1-5-11(2)7-6-8-17-14-9-12(3)15(16)13(4)10-14/h1,9-11,16H,6-8H2,2-4H3. The number of aryl methyl sites for hydroxylation is 2. The second-order valence-electron chi connectivity index (χ2n) is 4.46. The van der Waals surface area contributed by atoms with Crippen LogP contribution in [0.3, 0.4) is 0 Å². The Labute approximate surface area is 109 Å². The maximum atomic E-state index is 9.68. The average Bonchev–Trinajstić information content (AvgIpc) is 2.31. The fraction of sp³-hybridized carbons (Fsp3) is 0.467. The Bertz CT molecular complexity index is 394. The van der Waals surface area contributed by atoms with Crippen molar-refractivity contribution in [3.8, 4) is 18.1 Å². The Morgan fingerprint density at radius 2 is 1.94 bits per heavy atom. The van der Waals surface area contributed by atoms with E-state index in [1.807, 2.05) is 37.7 Å². The Balaban J connectivity index is 2.45. The molecule has 2 heteroatoms. The molecule has 1 aromatic carbocycles. The van der Waals surface area contributed by atoms with Gasteiger partial charge in [-0.25, -0.2) is 0 Å². The van der Waals surface area contributed by atoms with E-state index in [9.17, 15) is 5.11 Å². The molecule has 0 aliphatic rings. The minimum Gasteiger partial charge on any atom is -0.507 e. The van der Waals surface area contributed by atoms with Gasteiger partial charge in [-0.3, -0.25) is 0 Å². The van der Waals surface area contributed by atoms with Crippen molar-refractivity contribution < 1.29 is 5.11 Å². The molecule has 0 aliphatic heterocycles. The van der Waals surface area contributed by atoms with Crippen LogP contribution in [-0.4, -0.2) is 10.9 Å². The first kappa shape index (κ1) is 14.0. The van der Waals surface area contributed by atoms with E-state index in [2.05, 4.69) is 12.8 Å². The van der Waals surface area contributed by atoms with E-state index in [-0.39, 0.29) is 0 Å². The van der Waals surface area contributed by atoms with Crippen LogP contribution in [-0.2, 0) is 0 Å². The van der Waals surface area contributed by atoms with Gasteiger partial charge < -0.3 is 5.11 Å². The summed E-state index contributed by atoms with van der Waals surface area (Å²) in [5, 5.41) is 9.68. The van der Waals surface area contributed by atoms with Gasteiger partial charge in [-0.2, -0.15) is 0 Å². The number of aromatic hydroxyl groups is 1. The second kappa shape index (κ2) is 6.61. The van der Waals surface area contributed by atoms with Gasteiger partial charge in [0, 0.05) is 10.8 Å². The van der Waals surface area contributed by atoms with Crippen molar-refractivity contribution in [2.75, 3.05) is 5.75 Å². The molecule has 1 nitrogen and oxygen atoms in total. The molecule has 0 fully saturated rings. The van der Waals surface area contributed by atoms with E-state index in [1.54, 1.807) is 0 Å². The number of phenolic OH excluding ortho intramolecular Hbond substituents is 1. The molecule has 0 amide bonds. The third kappa shape index (κ3) is 4.36. The molecular formula is C15H20OS. The molecule has 0 bridgehead atoms. The van der Waals surface area contributed by atoms with E-state index in [0.717, 1.165) is 29.7 Å². The summed E-state index contributed by atoms with van der Waals surface area (Å²) in [4.78, 5) is 1.23. The number of phenols is 1. The Morgan fingerprint density at radius 1 is 1.35 bits per heavy atom. The highest BCUT2D eigenvalue weighted by Crippen LogP contribution is 2.29. The predicted molar refractivity (Wildman–Crippen MR) is 75.5 cm³/mol. The zero-order chi connectivity index (χ0) is 12.8. The Hall–Kier alpha value is -1.07. The van der Waals surface area contributed by atoms with Gasteiger partial charge in [-0.05, 0) is 55.7 Å². The van der Waals surface area contributed by atoms with Gasteiger partial charge >= 0.3 is 0 Å². The van der Waals surface area contributed by atoms with Crippen LogP contribution < -0.4 is 0 Å². The van der Waals surface area contributed by atoms with Gasteiger partial charge in [0.25, 0.3) is 0 Å².